The number of anilines is 1. The smallest absolute Gasteiger partial charge is 0.323 e. The summed E-state index contributed by atoms with van der Waals surface area (Å²) < 4.78 is 0. The first-order valence-corrected chi connectivity index (χ1v) is 5.19. The van der Waals surface area contributed by atoms with Crippen molar-refractivity contribution in [3.05, 3.63) is 29.8 Å². The molecule has 1 aromatic rings. The van der Waals surface area contributed by atoms with E-state index in [9.17, 15) is 4.79 Å². The second-order valence-electron chi connectivity index (χ2n) is 3.54. The van der Waals surface area contributed by atoms with Crippen LogP contribution in [0, 0.1) is 0 Å². The van der Waals surface area contributed by atoms with Crippen LogP contribution in [-0.2, 0) is 5.88 Å². The molecule has 0 aliphatic rings. The summed E-state index contributed by atoms with van der Waals surface area (Å²) >= 11 is 5.68. The van der Waals surface area contributed by atoms with Crippen molar-refractivity contribution in [3.63, 3.8) is 0 Å². The van der Waals surface area contributed by atoms with E-state index in [-0.39, 0.29) is 6.03 Å². The monoisotopic (exact) mass is 226 g/mol. The Bertz CT molecular complexity index is 335. The maximum atomic E-state index is 11.6. The lowest BCUT2D eigenvalue weighted by Gasteiger charge is -2.21. The van der Waals surface area contributed by atoms with Crippen LogP contribution in [0.4, 0.5) is 10.5 Å². The Balaban J connectivity index is 2.82. The molecule has 0 aromatic heterocycles. The Labute approximate surface area is 95.2 Å². The van der Waals surface area contributed by atoms with Crippen LogP contribution in [0.3, 0.4) is 0 Å². The number of carbonyl (C=O) groups excluding carboxylic acids is 1. The molecule has 82 valence electrons. The third kappa shape index (κ3) is 2.86. The summed E-state index contributed by atoms with van der Waals surface area (Å²) in [6.45, 7) is 0. The fourth-order valence-electron chi connectivity index (χ4n) is 1.22. The molecule has 15 heavy (non-hydrogen) atoms. The largest absolute Gasteiger partial charge is 0.330 e. The van der Waals surface area contributed by atoms with E-state index in [1.165, 1.54) is 4.90 Å². The van der Waals surface area contributed by atoms with Crippen LogP contribution in [0.2, 0.25) is 0 Å². The van der Waals surface area contributed by atoms with E-state index in [0.29, 0.717) is 5.88 Å². The molecule has 0 unspecified atom stereocenters. The molecule has 3 nitrogen and oxygen atoms in total. The van der Waals surface area contributed by atoms with E-state index >= 15 is 0 Å². The van der Waals surface area contributed by atoms with Gasteiger partial charge in [-0.1, -0.05) is 12.1 Å². The molecule has 0 saturated heterocycles. The van der Waals surface area contributed by atoms with Gasteiger partial charge in [0.1, 0.15) is 0 Å². The van der Waals surface area contributed by atoms with Gasteiger partial charge in [0.25, 0.3) is 0 Å². The predicted octanol–water partition coefficient (Wildman–Crippen LogP) is 2.54. The van der Waals surface area contributed by atoms with Gasteiger partial charge in [-0.05, 0) is 17.7 Å². The first-order valence-electron chi connectivity index (χ1n) is 4.66. The molecule has 0 radical (unpaired) electrons. The highest BCUT2D eigenvalue weighted by atomic mass is 35.5. The number of benzene rings is 1. The van der Waals surface area contributed by atoms with Crippen molar-refractivity contribution >= 4 is 23.3 Å². The highest BCUT2D eigenvalue weighted by Crippen LogP contribution is 2.15. The highest BCUT2D eigenvalue weighted by molar-refractivity contribution is 6.17. The van der Waals surface area contributed by atoms with Crippen LogP contribution >= 0.6 is 11.6 Å². The number of amides is 2. The third-order valence-electron chi connectivity index (χ3n) is 2.15. The Morgan fingerprint density at radius 1 is 1.20 bits per heavy atom. The van der Waals surface area contributed by atoms with Gasteiger partial charge in [-0.15, -0.1) is 11.6 Å². The summed E-state index contributed by atoms with van der Waals surface area (Å²) in [5, 5.41) is 0. The SMILES string of the molecule is CN(C)C(=O)N(C)c1ccc(CCl)cc1. The van der Waals surface area contributed by atoms with Crippen LogP contribution in [0.25, 0.3) is 0 Å². The van der Waals surface area contributed by atoms with Crippen molar-refractivity contribution < 1.29 is 4.79 Å². The van der Waals surface area contributed by atoms with E-state index < -0.39 is 0 Å². The molecule has 0 bridgehead atoms. The second-order valence-corrected chi connectivity index (χ2v) is 3.80. The molecule has 0 aliphatic carbocycles. The minimum absolute atomic E-state index is 0.0476. The zero-order chi connectivity index (χ0) is 11.4. The van der Waals surface area contributed by atoms with Crippen molar-refractivity contribution in [1.82, 2.24) is 4.90 Å². The normalized spacial score (nSPS) is 9.87. The van der Waals surface area contributed by atoms with Gasteiger partial charge in [0.15, 0.2) is 0 Å². The van der Waals surface area contributed by atoms with Gasteiger partial charge < -0.3 is 4.90 Å². The molecule has 4 heteroatoms. The molecule has 0 fully saturated rings. The number of halogens is 1. The minimum atomic E-state index is -0.0476. The second kappa shape index (κ2) is 5.03. The first-order chi connectivity index (χ1) is 7.06. The lowest BCUT2D eigenvalue weighted by atomic mass is 10.2. The third-order valence-corrected chi connectivity index (χ3v) is 2.46. The number of rotatable bonds is 2. The highest BCUT2D eigenvalue weighted by Gasteiger charge is 2.11. The van der Waals surface area contributed by atoms with Gasteiger partial charge in [-0.25, -0.2) is 4.79 Å². The Hall–Kier alpha value is -1.22. The fourth-order valence-corrected chi connectivity index (χ4v) is 1.40. The predicted molar refractivity (Wildman–Crippen MR) is 63.5 cm³/mol. The van der Waals surface area contributed by atoms with Gasteiger partial charge in [0.2, 0.25) is 0 Å². The summed E-state index contributed by atoms with van der Waals surface area (Å²) in [6.07, 6.45) is 0. The summed E-state index contributed by atoms with van der Waals surface area (Å²) in [4.78, 5) is 14.8. The molecule has 0 atom stereocenters. The maximum absolute atomic E-state index is 11.6. The molecule has 0 aliphatic heterocycles. The van der Waals surface area contributed by atoms with Crippen molar-refractivity contribution in [2.45, 2.75) is 5.88 Å². The van der Waals surface area contributed by atoms with Gasteiger partial charge >= 0.3 is 6.03 Å². The van der Waals surface area contributed by atoms with Crippen LogP contribution in [0.15, 0.2) is 24.3 Å². The van der Waals surface area contributed by atoms with Crippen LogP contribution < -0.4 is 4.90 Å². The number of hydrogen-bond donors (Lipinski definition) is 0. The number of carbonyl (C=O) groups is 1. The van der Waals surface area contributed by atoms with Gasteiger partial charge in [-0.2, -0.15) is 0 Å². The van der Waals surface area contributed by atoms with E-state index in [1.807, 2.05) is 24.3 Å². The molecule has 2 amide bonds. The van der Waals surface area contributed by atoms with Gasteiger partial charge in [0, 0.05) is 32.7 Å². The average Bonchev–Trinajstić information content (AvgIpc) is 2.27. The molecule has 1 rings (SSSR count). The average molecular weight is 227 g/mol. The summed E-state index contributed by atoms with van der Waals surface area (Å²) in [7, 11) is 5.20. The zero-order valence-corrected chi connectivity index (χ0v) is 9.95. The number of hydrogen-bond acceptors (Lipinski definition) is 1. The van der Waals surface area contributed by atoms with Gasteiger partial charge in [-0.3, -0.25) is 4.90 Å². The standard InChI is InChI=1S/C11H15ClN2O/c1-13(2)11(15)14(3)10-6-4-9(8-12)5-7-10/h4-7H,8H2,1-3H3. The molecule has 0 saturated carbocycles. The molecular weight excluding hydrogens is 212 g/mol. The Morgan fingerprint density at radius 2 is 1.73 bits per heavy atom. The lowest BCUT2D eigenvalue weighted by molar-refractivity contribution is 0.225. The molecule has 0 spiro atoms. The summed E-state index contributed by atoms with van der Waals surface area (Å²) in [6, 6.07) is 7.57. The van der Waals surface area contributed by atoms with Crippen LogP contribution in [-0.4, -0.2) is 32.1 Å². The molecule has 0 heterocycles. The molecule has 1 aromatic carbocycles. The van der Waals surface area contributed by atoms with E-state index in [4.69, 9.17) is 11.6 Å². The number of alkyl halides is 1. The van der Waals surface area contributed by atoms with Crippen molar-refractivity contribution in [3.8, 4) is 0 Å². The van der Waals surface area contributed by atoms with Crippen molar-refractivity contribution in [2.24, 2.45) is 0 Å². The fraction of sp³-hybridized carbons (Fsp3) is 0.364. The molecular formula is C11H15ClN2O. The topological polar surface area (TPSA) is 23.6 Å². The quantitative estimate of drug-likeness (QED) is 0.711. The van der Waals surface area contributed by atoms with Gasteiger partial charge in [0.05, 0.1) is 0 Å². The van der Waals surface area contributed by atoms with Crippen molar-refractivity contribution in [1.29, 1.82) is 0 Å². The lowest BCUT2D eigenvalue weighted by Crippen LogP contribution is -2.36. The van der Waals surface area contributed by atoms with E-state index in [2.05, 4.69) is 0 Å². The summed E-state index contributed by atoms with van der Waals surface area (Å²) in [5.74, 6) is 0.492. The minimum Gasteiger partial charge on any atom is -0.330 e. The number of urea groups is 1. The Kier molecular flexibility index (Phi) is 3.97. The van der Waals surface area contributed by atoms with Crippen LogP contribution in [0.5, 0.6) is 0 Å². The Morgan fingerprint density at radius 3 is 2.13 bits per heavy atom. The van der Waals surface area contributed by atoms with Crippen molar-refractivity contribution in [2.75, 3.05) is 26.0 Å². The number of nitrogens with zero attached hydrogens (tertiary/aromatic N) is 2. The first kappa shape index (κ1) is 11.9. The van der Waals surface area contributed by atoms with E-state index in [0.717, 1.165) is 11.3 Å². The van der Waals surface area contributed by atoms with E-state index in [1.54, 1.807) is 26.0 Å². The van der Waals surface area contributed by atoms with Crippen LogP contribution in [0.1, 0.15) is 5.56 Å². The molecule has 0 N–H and O–H groups in total. The maximum Gasteiger partial charge on any atom is 0.323 e. The summed E-state index contributed by atoms with van der Waals surface area (Å²) in [5.41, 5.74) is 1.91. The zero-order valence-electron chi connectivity index (χ0n) is 9.20.